The molecule has 4 heterocycles. The summed E-state index contributed by atoms with van der Waals surface area (Å²) in [6.45, 7) is 0. The lowest BCUT2D eigenvalue weighted by molar-refractivity contribution is 0.454. The average Bonchev–Trinajstić information content (AvgIpc) is 1.51. The summed E-state index contributed by atoms with van der Waals surface area (Å²) >= 11 is 9.91. The molecule has 18 aromatic carbocycles. The summed E-state index contributed by atoms with van der Waals surface area (Å²) in [4.78, 5) is 28.8. The van der Waals surface area contributed by atoms with E-state index in [4.69, 9.17) is 36.2 Å². The van der Waals surface area contributed by atoms with Gasteiger partial charge in [-0.05, 0) is 175 Å². The van der Waals surface area contributed by atoms with Gasteiger partial charge in [-0.15, -0.1) is 22.7 Å². The average molecular weight is 1690 g/mol. The second kappa shape index (κ2) is 31.3. The number of aromatic nitrogens is 6. The van der Waals surface area contributed by atoms with E-state index in [-0.39, 0.29) is 10.7 Å². The number of benzene rings is 18. The van der Waals surface area contributed by atoms with Crippen LogP contribution in [0, 0.1) is 0 Å². The molecule has 4 aromatic heterocycles. The van der Waals surface area contributed by atoms with Gasteiger partial charge in [-0.25, -0.2) is 19.9 Å². The minimum Gasteiger partial charge on any atom is -0.537 e. The van der Waals surface area contributed by atoms with Crippen LogP contribution < -0.4 is 4.65 Å². The van der Waals surface area contributed by atoms with Crippen LogP contribution >= 0.6 is 34.3 Å². The first-order valence-corrected chi connectivity index (χ1v) is 44.8. The van der Waals surface area contributed by atoms with Crippen LogP contribution in [0.4, 0.5) is 0 Å². The van der Waals surface area contributed by atoms with Gasteiger partial charge in [0.1, 0.15) is 5.75 Å². The summed E-state index contributed by atoms with van der Waals surface area (Å²) in [7, 11) is 0.727. The van der Waals surface area contributed by atoms with Crippen molar-refractivity contribution in [2.24, 2.45) is 0 Å². The Kier molecular flexibility index (Phi) is 18.7. The minimum atomic E-state index is -0.402. The van der Waals surface area contributed by atoms with Crippen molar-refractivity contribution in [3.63, 3.8) is 0 Å². The SMILES string of the molecule is Clc1nc(-c2ccccc2)nc(-c2ccc(-c3cccc4c3sc3ccccc34)cc2)n1.O[B]Oc1cccc(-c2cccc3c2-c2ccccc2C32c3ccccc3-c3ccccc32)c1.c1ccc(-c2nc(-c3ccc(-c4cccc5c4sc4ccccc45)cc3)nc(-c3cccc(-c4cccc5c4-c4ccccc4C54c5ccccc5-c5ccccc54)c3)n2)cc1. The summed E-state index contributed by atoms with van der Waals surface area (Å²) in [5.41, 5.74) is 34.1. The van der Waals surface area contributed by atoms with Crippen LogP contribution in [-0.2, 0) is 10.8 Å². The van der Waals surface area contributed by atoms with Crippen molar-refractivity contribution in [2.45, 2.75) is 10.8 Å². The molecule has 0 amide bonds. The maximum Gasteiger partial charge on any atom is 0.569 e. The fraction of sp³-hybridized carbons (Fsp3) is 0.0172. The van der Waals surface area contributed by atoms with Gasteiger partial charge >= 0.3 is 7.69 Å². The van der Waals surface area contributed by atoms with E-state index in [9.17, 15) is 0 Å². The summed E-state index contributed by atoms with van der Waals surface area (Å²) < 4.78 is 10.5. The molecule has 0 atom stereocenters. The molecular formula is C116H71BClN6O2S2. The predicted molar refractivity (Wildman–Crippen MR) is 527 cm³/mol. The van der Waals surface area contributed by atoms with Gasteiger partial charge in [0.25, 0.3) is 0 Å². The van der Waals surface area contributed by atoms with Crippen LogP contribution in [0.25, 0.3) is 186 Å². The molecule has 599 valence electrons. The van der Waals surface area contributed by atoms with Gasteiger partial charge < -0.3 is 9.68 Å². The molecule has 128 heavy (non-hydrogen) atoms. The van der Waals surface area contributed by atoms with Crippen LogP contribution in [-0.4, -0.2) is 42.6 Å². The molecule has 26 rings (SSSR count). The molecule has 1 radical (unpaired) electrons. The highest BCUT2D eigenvalue weighted by atomic mass is 35.5. The maximum atomic E-state index is 9.14. The molecule has 12 heteroatoms. The van der Waals surface area contributed by atoms with Crippen molar-refractivity contribution in [2.75, 3.05) is 0 Å². The number of thiophene rings is 2. The van der Waals surface area contributed by atoms with E-state index in [1.165, 1.54) is 152 Å². The molecule has 0 saturated carbocycles. The van der Waals surface area contributed by atoms with E-state index in [1.54, 1.807) is 0 Å². The lowest BCUT2D eigenvalue weighted by Gasteiger charge is -2.30. The van der Waals surface area contributed by atoms with Gasteiger partial charge in [0.15, 0.2) is 29.1 Å². The molecule has 0 aliphatic heterocycles. The molecule has 0 unspecified atom stereocenters. The first kappa shape index (κ1) is 76.2. The molecule has 0 saturated heterocycles. The van der Waals surface area contributed by atoms with Crippen molar-refractivity contribution in [3.05, 3.63) is 474 Å². The standard InChI is InChI=1S/C58H35N3S.C31H20BO2.C27H16ClN3S/c1-2-15-37(16-3-1)55-59-56(38-33-31-36(32-34-38)42-24-13-25-46-45-21-7-11-30-52(45)62-54(42)46)61-57(60-55)40-18-12-17-39(35-40)41-23-14-29-51-53(41)47-22-6-10-28-50(47)58(51)48-26-8-4-19-43(48)44-20-5-9-27-49(44)58;33-32-34-21-10-7-9-20(19-21)22-14-8-18-29-30(22)25-13-3-6-17-28(25)31(29)26-15-4-1-11-23(26)24-12-2-5-16-27(24)31;28-27-30-25(18-7-2-1-3-8-18)29-26(31-27)19-15-13-17(14-16-19)20-10-6-11-22-21-9-4-5-12-23(21)32-24(20)22/h1-35H;1-19,33H;1-16H. The molecule has 2 spiro atoms. The van der Waals surface area contributed by atoms with Crippen molar-refractivity contribution < 1.29 is 9.68 Å². The smallest absolute Gasteiger partial charge is 0.537 e. The monoisotopic (exact) mass is 1690 g/mol. The zero-order valence-electron chi connectivity index (χ0n) is 68.7. The normalized spacial score (nSPS) is 12.7. The lowest BCUT2D eigenvalue weighted by atomic mass is 9.70. The Bertz CT molecular complexity index is 8110. The van der Waals surface area contributed by atoms with Crippen LogP contribution in [0.1, 0.15) is 44.5 Å². The van der Waals surface area contributed by atoms with E-state index in [1.807, 2.05) is 102 Å². The highest BCUT2D eigenvalue weighted by Crippen LogP contribution is 2.66. The van der Waals surface area contributed by atoms with E-state index < -0.39 is 5.41 Å². The fourth-order valence-corrected chi connectivity index (χ4v) is 23.1. The first-order chi connectivity index (χ1) is 63.3. The molecule has 0 bridgehead atoms. The van der Waals surface area contributed by atoms with Gasteiger partial charge in [-0.2, -0.15) is 9.97 Å². The number of fused-ring (bicyclic) bond motifs is 26. The third kappa shape index (κ3) is 12.4. The Morgan fingerprint density at radius 2 is 0.508 bits per heavy atom. The van der Waals surface area contributed by atoms with Crippen molar-refractivity contribution in [3.8, 4) is 152 Å². The van der Waals surface area contributed by atoms with Crippen LogP contribution in [0.2, 0.25) is 5.28 Å². The molecule has 1 N–H and O–H groups in total. The molecule has 4 aliphatic rings. The van der Waals surface area contributed by atoms with Gasteiger partial charge in [-0.1, -0.05) is 394 Å². The Labute approximate surface area is 753 Å². The largest absolute Gasteiger partial charge is 0.569 e. The summed E-state index contributed by atoms with van der Waals surface area (Å²) in [5.74, 6) is 3.66. The Morgan fingerprint density at radius 3 is 0.938 bits per heavy atom. The van der Waals surface area contributed by atoms with Crippen LogP contribution in [0.15, 0.2) is 425 Å². The maximum absolute atomic E-state index is 9.14. The van der Waals surface area contributed by atoms with Gasteiger partial charge in [-0.3, -0.25) is 0 Å². The Hall–Kier alpha value is -15.5. The first-order valence-electron chi connectivity index (χ1n) is 42.8. The van der Waals surface area contributed by atoms with Crippen LogP contribution in [0.3, 0.4) is 0 Å². The summed E-state index contributed by atoms with van der Waals surface area (Å²) in [5, 5.41) is 14.5. The molecular weight excluding hydrogens is 1620 g/mol. The second-order valence-corrected chi connectivity index (χ2v) is 35.0. The molecule has 8 nitrogen and oxygen atoms in total. The van der Waals surface area contributed by atoms with Crippen molar-refractivity contribution in [1.29, 1.82) is 0 Å². The highest BCUT2D eigenvalue weighted by Gasteiger charge is 2.54. The van der Waals surface area contributed by atoms with Gasteiger partial charge in [0, 0.05) is 68.2 Å². The molecule has 4 aliphatic carbocycles. The van der Waals surface area contributed by atoms with Crippen LogP contribution in [0.5, 0.6) is 5.75 Å². The minimum absolute atomic E-state index is 0.188. The number of nitrogens with zero attached hydrogens (tertiary/aromatic N) is 6. The molecule has 22 aromatic rings. The van der Waals surface area contributed by atoms with Crippen molar-refractivity contribution >= 4 is 82.3 Å². The van der Waals surface area contributed by atoms with E-state index in [0.29, 0.717) is 34.9 Å². The quantitative estimate of drug-likeness (QED) is 0.128. The Balaban J connectivity index is 0.000000117. The number of rotatable bonds is 11. The zero-order chi connectivity index (χ0) is 85.0. The second-order valence-electron chi connectivity index (χ2n) is 32.6. The van der Waals surface area contributed by atoms with E-state index >= 15 is 0 Å². The summed E-state index contributed by atoms with van der Waals surface area (Å²) in [6.07, 6.45) is 0. The zero-order valence-corrected chi connectivity index (χ0v) is 71.1. The fourth-order valence-electron chi connectivity index (χ4n) is 20.5. The predicted octanol–water partition coefficient (Wildman–Crippen LogP) is 29.4. The summed E-state index contributed by atoms with van der Waals surface area (Å²) in [6, 6.07) is 151. The lowest BCUT2D eigenvalue weighted by Crippen LogP contribution is -2.25. The third-order valence-electron chi connectivity index (χ3n) is 25.8. The Morgan fingerprint density at radius 1 is 0.227 bits per heavy atom. The number of halogens is 1. The number of hydrogen-bond acceptors (Lipinski definition) is 10. The number of hydrogen-bond donors (Lipinski definition) is 1. The molecule has 0 fully saturated rings. The van der Waals surface area contributed by atoms with E-state index in [0.717, 1.165) is 57.8 Å². The topological polar surface area (TPSA) is 107 Å². The van der Waals surface area contributed by atoms with Gasteiger partial charge in [0.05, 0.1) is 10.8 Å². The van der Waals surface area contributed by atoms with Gasteiger partial charge in [0.2, 0.25) is 5.28 Å². The van der Waals surface area contributed by atoms with Crippen molar-refractivity contribution in [1.82, 2.24) is 29.9 Å². The highest BCUT2D eigenvalue weighted by molar-refractivity contribution is 7.26. The van der Waals surface area contributed by atoms with E-state index in [2.05, 4.69) is 361 Å². The third-order valence-corrected chi connectivity index (χ3v) is 28.4.